The average molecular weight is 314 g/mol. The van der Waals surface area contributed by atoms with Crippen molar-refractivity contribution < 1.29 is 14.1 Å². The molecule has 0 heterocycles. The molecule has 0 unspecified atom stereocenters. The third kappa shape index (κ3) is 4.25. The summed E-state index contributed by atoms with van der Waals surface area (Å²) in [4.78, 5) is 21.6. The second kappa shape index (κ2) is 7.00. The van der Waals surface area contributed by atoms with Crippen molar-refractivity contribution in [1.29, 1.82) is 5.26 Å². The van der Waals surface area contributed by atoms with Gasteiger partial charge in [0, 0.05) is 17.4 Å². The molecule has 8 heteroatoms. The fraction of sp³-hybridized carbons (Fsp3) is 0.0667. The summed E-state index contributed by atoms with van der Waals surface area (Å²) >= 11 is 0. The molecule has 7 nitrogen and oxygen atoms in total. The number of amides is 1. The SMILES string of the molecule is N#Cc1ccc(NC(=O)CNc2ccc(F)c([N+](=O)[O-])c2)cc1. The van der Waals surface area contributed by atoms with Crippen LogP contribution in [0.4, 0.5) is 21.5 Å². The zero-order chi connectivity index (χ0) is 16.8. The molecule has 2 aromatic rings. The summed E-state index contributed by atoms with van der Waals surface area (Å²) in [7, 11) is 0. The number of rotatable bonds is 5. The van der Waals surface area contributed by atoms with Gasteiger partial charge < -0.3 is 10.6 Å². The van der Waals surface area contributed by atoms with Crippen LogP contribution in [0.15, 0.2) is 42.5 Å². The van der Waals surface area contributed by atoms with Crippen LogP contribution >= 0.6 is 0 Å². The first kappa shape index (κ1) is 15.9. The van der Waals surface area contributed by atoms with Crippen LogP contribution in [-0.2, 0) is 4.79 Å². The lowest BCUT2D eigenvalue weighted by atomic mass is 10.2. The Balaban J connectivity index is 1.95. The minimum absolute atomic E-state index is 0.150. The van der Waals surface area contributed by atoms with E-state index in [2.05, 4.69) is 10.6 Å². The molecule has 0 saturated carbocycles. The molecule has 0 atom stereocenters. The maximum absolute atomic E-state index is 13.2. The van der Waals surface area contributed by atoms with Crippen molar-refractivity contribution in [1.82, 2.24) is 0 Å². The number of nitriles is 1. The Morgan fingerprint density at radius 1 is 1.22 bits per heavy atom. The molecule has 2 rings (SSSR count). The second-order valence-electron chi connectivity index (χ2n) is 4.51. The normalized spacial score (nSPS) is 9.74. The number of hydrogen-bond acceptors (Lipinski definition) is 5. The third-order valence-electron chi connectivity index (χ3n) is 2.89. The number of hydrogen-bond donors (Lipinski definition) is 2. The Morgan fingerprint density at radius 2 is 1.87 bits per heavy atom. The van der Waals surface area contributed by atoms with Gasteiger partial charge in [0.05, 0.1) is 23.1 Å². The minimum atomic E-state index is -0.942. The van der Waals surface area contributed by atoms with Gasteiger partial charge in [0.2, 0.25) is 11.7 Å². The van der Waals surface area contributed by atoms with Gasteiger partial charge >= 0.3 is 5.69 Å². The van der Waals surface area contributed by atoms with Crippen LogP contribution in [0.25, 0.3) is 0 Å². The number of benzene rings is 2. The predicted octanol–water partition coefficient (Wildman–Crippen LogP) is 2.66. The Bertz CT molecular complexity index is 784. The van der Waals surface area contributed by atoms with E-state index in [0.29, 0.717) is 11.3 Å². The number of halogens is 1. The molecule has 116 valence electrons. The molecule has 0 aliphatic heterocycles. The highest BCUT2D eigenvalue weighted by atomic mass is 19.1. The summed E-state index contributed by atoms with van der Waals surface area (Å²) in [6.07, 6.45) is 0. The zero-order valence-corrected chi connectivity index (χ0v) is 11.7. The molecule has 0 spiro atoms. The molecule has 2 aromatic carbocycles. The number of nitrogens with one attached hydrogen (secondary N) is 2. The summed E-state index contributed by atoms with van der Waals surface area (Å²) in [6.45, 7) is -0.150. The Hall–Kier alpha value is -3.47. The quantitative estimate of drug-likeness (QED) is 0.651. The summed E-state index contributed by atoms with van der Waals surface area (Å²) < 4.78 is 13.2. The fourth-order valence-corrected chi connectivity index (χ4v) is 1.78. The van der Waals surface area contributed by atoms with Crippen molar-refractivity contribution >= 4 is 23.0 Å². The number of nitro groups is 1. The first-order valence-electron chi connectivity index (χ1n) is 6.47. The van der Waals surface area contributed by atoms with Crippen molar-refractivity contribution in [3.05, 3.63) is 64.0 Å². The van der Waals surface area contributed by atoms with E-state index in [0.717, 1.165) is 12.1 Å². The van der Waals surface area contributed by atoms with Gasteiger partial charge in [0.15, 0.2) is 0 Å². The number of anilines is 2. The summed E-state index contributed by atoms with van der Waals surface area (Å²) in [5.41, 5.74) is 0.580. The lowest BCUT2D eigenvalue weighted by molar-refractivity contribution is -0.387. The summed E-state index contributed by atoms with van der Waals surface area (Å²) in [6, 6.07) is 11.5. The smallest absolute Gasteiger partial charge is 0.306 e. The molecular formula is C15H11FN4O3. The molecule has 0 radical (unpaired) electrons. The van der Waals surface area contributed by atoms with Crippen molar-refractivity contribution in [2.24, 2.45) is 0 Å². The number of nitrogens with zero attached hydrogens (tertiary/aromatic N) is 2. The van der Waals surface area contributed by atoms with E-state index in [4.69, 9.17) is 5.26 Å². The van der Waals surface area contributed by atoms with Crippen LogP contribution in [0.1, 0.15) is 5.56 Å². The van der Waals surface area contributed by atoms with E-state index in [1.165, 1.54) is 6.07 Å². The van der Waals surface area contributed by atoms with Crippen molar-refractivity contribution in [2.75, 3.05) is 17.2 Å². The van der Waals surface area contributed by atoms with Crippen LogP contribution in [0, 0.1) is 27.3 Å². The molecule has 0 fully saturated rings. The number of carbonyl (C=O) groups is 1. The highest BCUT2D eigenvalue weighted by Gasteiger charge is 2.14. The van der Waals surface area contributed by atoms with Crippen LogP contribution < -0.4 is 10.6 Å². The van der Waals surface area contributed by atoms with Gasteiger partial charge in [-0.25, -0.2) is 0 Å². The topological polar surface area (TPSA) is 108 Å². The van der Waals surface area contributed by atoms with E-state index in [9.17, 15) is 19.3 Å². The van der Waals surface area contributed by atoms with E-state index in [1.54, 1.807) is 24.3 Å². The molecular weight excluding hydrogens is 303 g/mol. The van der Waals surface area contributed by atoms with Crippen LogP contribution in [0.5, 0.6) is 0 Å². The highest BCUT2D eigenvalue weighted by molar-refractivity contribution is 5.93. The molecule has 23 heavy (non-hydrogen) atoms. The Morgan fingerprint density at radius 3 is 2.48 bits per heavy atom. The Kier molecular flexibility index (Phi) is 4.84. The van der Waals surface area contributed by atoms with Gasteiger partial charge in [-0.15, -0.1) is 0 Å². The molecule has 0 aliphatic rings. The van der Waals surface area contributed by atoms with Gasteiger partial charge in [-0.1, -0.05) is 0 Å². The highest BCUT2D eigenvalue weighted by Crippen LogP contribution is 2.21. The van der Waals surface area contributed by atoms with Crippen molar-refractivity contribution in [2.45, 2.75) is 0 Å². The molecule has 0 aromatic heterocycles. The molecule has 1 amide bonds. The summed E-state index contributed by atoms with van der Waals surface area (Å²) in [5, 5.41) is 24.6. The van der Waals surface area contributed by atoms with Crippen molar-refractivity contribution in [3.63, 3.8) is 0 Å². The molecule has 0 bridgehead atoms. The number of nitro benzene ring substituents is 1. The van der Waals surface area contributed by atoms with Crippen LogP contribution in [0.2, 0.25) is 0 Å². The lowest BCUT2D eigenvalue weighted by Gasteiger charge is -2.08. The fourth-order valence-electron chi connectivity index (χ4n) is 1.78. The summed E-state index contributed by atoms with van der Waals surface area (Å²) in [5.74, 6) is -1.33. The average Bonchev–Trinajstić information content (AvgIpc) is 2.54. The van der Waals surface area contributed by atoms with Gasteiger partial charge in [0.25, 0.3) is 0 Å². The number of carbonyl (C=O) groups excluding carboxylic acids is 1. The largest absolute Gasteiger partial charge is 0.376 e. The van der Waals surface area contributed by atoms with E-state index >= 15 is 0 Å². The maximum Gasteiger partial charge on any atom is 0.306 e. The molecule has 0 aliphatic carbocycles. The van der Waals surface area contributed by atoms with Crippen LogP contribution in [-0.4, -0.2) is 17.4 Å². The van der Waals surface area contributed by atoms with Gasteiger partial charge in [-0.3, -0.25) is 14.9 Å². The minimum Gasteiger partial charge on any atom is -0.376 e. The third-order valence-corrected chi connectivity index (χ3v) is 2.89. The first-order chi connectivity index (χ1) is 11.0. The van der Waals surface area contributed by atoms with Gasteiger partial charge in [-0.2, -0.15) is 9.65 Å². The second-order valence-corrected chi connectivity index (χ2v) is 4.51. The molecule has 2 N–H and O–H groups in total. The Labute approximate surface area is 130 Å². The van der Waals surface area contributed by atoms with E-state index in [-0.39, 0.29) is 18.1 Å². The zero-order valence-electron chi connectivity index (χ0n) is 11.7. The van der Waals surface area contributed by atoms with E-state index in [1.807, 2.05) is 6.07 Å². The predicted molar refractivity (Wildman–Crippen MR) is 81.3 cm³/mol. The van der Waals surface area contributed by atoms with E-state index < -0.39 is 16.4 Å². The lowest BCUT2D eigenvalue weighted by Crippen LogP contribution is -2.21. The molecule has 0 saturated heterocycles. The van der Waals surface area contributed by atoms with Crippen molar-refractivity contribution in [3.8, 4) is 6.07 Å². The first-order valence-corrected chi connectivity index (χ1v) is 6.47. The monoisotopic (exact) mass is 314 g/mol. The standard InChI is InChI=1S/C15H11FN4O3/c16-13-6-5-12(7-14(13)20(22)23)18-9-15(21)19-11-3-1-10(8-17)2-4-11/h1-7,18H,9H2,(H,19,21). The van der Waals surface area contributed by atoms with Gasteiger partial charge in [0.1, 0.15) is 0 Å². The maximum atomic E-state index is 13.2. The van der Waals surface area contributed by atoms with Gasteiger partial charge in [-0.05, 0) is 36.4 Å². The van der Waals surface area contributed by atoms with Crippen LogP contribution in [0.3, 0.4) is 0 Å².